The fraction of sp³-hybridized carbons (Fsp3) is 0.643. The van der Waals surface area contributed by atoms with Crippen molar-refractivity contribution in [3.8, 4) is 0 Å². The monoisotopic (exact) mass is 317 g/mol. The Kier molecular flexibility index (Phi) is 3.81. The summed E-state index contributed by atoms with van der Waals surface area (Å²) in [6, 6.07) is 2.07. The number of piperazine rings is 1. The lowest BCUT2D eigenvalue weighted by atomic mass is 10.1. The third kappa shape index (κ3) is 2.85. The van der Waals surface area contributed by atoms with Crippen LogP contribution in [-0.2, 0) is 6.18 Å². The van der Waals surface area contributed by atoms with E-state index in [0.717, 1.165) is 31.6 Å². The number of anilines is 1. The number of halogens is 3. The van der Waals surface area contributed by atoms with E-state index in [1.165, 1.54) is 17.8 Å². The lowest BCUT2D eigenvalue weighted by Crippen LogP contribution is -2.57. The molecule has 3 rings (SSSR count). The molecule has 0 aliphatic carbocycles. The maximum atomic E-state index is 12.8. The maximum absolute atomic E-state index is 12.8. The summed E-state index contributed by atoms with van der Waals surface area (Å²) in [6.07, 6.45) is -3.37. The maximum Gasteiger partial charge on any atom is 0.417 e. The minimum absolute atomic E-state index is 0.336. The zero-order chi connectivity index (χ0) is 15.2. The molecule has 1 unspecified atom stereocenters. The molecule has 1 atom stereocenters. The molecule has 1 aromatic rings. The minimum Gasteiger partial charge on any atom is -0.349 e. The number of aromatic nitrogens is 1. The zero-order valence-corrected chi connectivity index (χ0v) is 12.8. The highest BCUT2D eigenvalue weighted by molar-refractivity contribution is 7.99. The highest BCUT2D eigenvalue weighted by Gasteiger charge is 2.36. The molecule has 1 aromatic heterocycles. The summed E-state index contributed by atoms with van der Waals surface area (Å²) in [5.74, 6) is 1.53. The minimum atomic E-state index is -4.32. The fourth-order valence-corrected chi connectivity index (χ4v) is 4.04. The van der Waals surface area contributed by atoms with Crippen molar-refractivity contribution in [1.82, 2.24) is 9.88 Å². The van der Waals surface area contributed by atoms with Gasteiger partial charge in [-0.15, -0.1) is 11.8 Å². The van der Waals surface area contributed by atoms with Crippen LogP contribution < -0.4 is 4.90 Å². The number of alkyl halides is 3. The molecule has 0 N–H and O–H groups in total. The molecule has 116 valence electrons. The van der Waals surface area contributed by atoms with Crippen molar-refractivity contribution in [2.24, 2.45) is 0 Å². The van der Waals surface area contributed by atoms with E-state index in [1.54, 1.807) is 0 Å². The van der Waals surface area contributed by atoms with Crippen molar-refractivity contribution >= 4 is 17.6 Å². The second kappa shape index (κ2) is 5.35. The van der Waals surface area contributed by atoms with Crippen molar-refractivity contribution in [2.75, 3.05) is 30.3 Å². The molecule has 2 aliphatic rings. The lowest BCUT2D eigenvalue weighted by Gasteiger charge is -2.46. The summed E-state index contributed by atoms with van der Waals surface area (Å²) in [6.45, 7) is 7.06. The molecule has 0 spiro atoms. The molecule has 0 radical (unpaired) electrons. The van der Waals surface area contributed by atoms with Gasteiger partial charge in [-0.2, -0.15) is 13.2 Å². The number of hydrogen-bond acceptors (Lipinski definition) is 4. The Morgan fingerprint density at radius 1 is 1.33 bits per heavy atom. The highest BCUT2D eigenvalue weighted by Crippen LogP contribution is 2.40. The van der Waals surface area contributed by atoms with Gasteiger partial charge >= 0.3 is 6.18 Å². The second-order valence-corrected chi connectivity index (χ2v) is 6.85. The van der Waals surface area contributed by atoms with Gasteiger partial charge in [-0.05, 0) is 19.9 Å². The summed E-state index contributed by atoms with van der Waals surface area (Å²) in [5, 5.41) is 0. The van der Waals surface area contributed by atoms with Crippen LogP contribution in [-0.4, -0.2) is 47.4 Å². The lowest BCUT2D eigenvalue weighted by molar-refractivity contribution is -0.138. The first-order valence-corrected chi connectivity index (χ1v) is 8.05. The average molecular weight is 317 g/mol. The van der Waals surface area contributed by atoms with Crippen LogP contribution in [0.4, 0.5) is 19.0 Å². The topological polar surface area (TPSA) is 19.4 Å². The predicted octanol–water partition coefficient (Wildman–Crippen LogP) is 3.11. The molecule has 0 bridgehead atoms. The van der Waals surface area contributed by atoms with E-state index < -0.39 is 11.7 Å². The molecule has 0 saturated carbocycles. The number of thioether (sulfide) groups is 1. The van der Waals surface area contributed by atoms with Gasteiger partial charge in [-0.3, -0.25) is 4.90 Å². The SMILES string of the molecule is CC(C)N1CCN2c3ncc(C(F)(F)F)cc3SCC2C1. The third-order valence-corrected chi connectivity index (χ3v) is 5.27. The molecular weight excluding hydrogens is 299 g/mol. The molecule has 3 heterocycles. The van der Waals surface area contributed by atoms with Crippen molar-refractivity contribution in [1.29, 1.82) is 0 Å². The van der Waals surface area contributed by atoms with Gasteiger partial charge in [0.2, 0.25) is 0 Å². The van der Waals surface area contributed by atoms with Crippen LogP contribution in [0.2, 0.25) is 0 Å². The number of pyridine rings is 1. The van der Waals surface area contributed by atoms with Gasteiger partial charge in [0.1, 0.15) is 5.82 Å². The van der Waals surface area contributed by atoms with Gasteiger partial charge in [0, 0.05) is 37.6 Å². The molecule has 0 aromatic carbocycles. The summed E-state index contributed by atoms with van der Waals surface area (Å²) < 4.78 is 38.3. The molecular formula is C14H18F3N3S. The largest absolute Gasteiger partial charge is 0.417 e. The summed E-state index contributed by atoms with van der Waals surface area (Å²) in [7, 11) is 0. The van der Waals surface area contributed by atoms with Gasteiger partial charge in [0.05, 0.1) is 16.5 Å². The molecule has 3 nitrogen and oxygen atoms in total. The van der Waals surface area contributed by atoms with Crippen molar-refractivity contribution in [2.45, 2.75) is 37.0 Å². The highest BCUT2D eigenvalue weighted by atomic mass is 32.2. The van der Waals surface area contributed by atoms with Gasteiger partial charge in [0.15, 0.2) is 0 Å². The van der Waals surface area contributed by atoms with E-state index in [-0.39, 0.29) is 0 Å². The molecule has 1 fully saturated rings. The van der Waals surface area contributed by atoms with Crippen LogP contribution in [0.3, 0.4) is 0 Å². The Balaban J connectivity index is 1.85. The van der Waals surface area contributed by atoms with Crippen molar-refractivity contribution < 1.29 is 13.2 Å². The standard InChI is InChI=1S/C14H18F3N3S/c1-9(2)19-3-4-20-11(7-19)8-21-12-5-10(14(15,16)17)6-18-13(12)20/h5-6,9,11H,3-4,7-8H2,1-2H3. The van der Waals surface area contributed by atoms with E-state index in [0.29, 0.717) is 22.8 Å². The fourth-order valence-electron chi connectivity index (χ4n) is 2.87. The summed E-state index contributed by atoms with van der Waals surface area (Å²) in [5.41, 5.74) is -0.659. The van der Waals surface area contributed by atoms with Crippen LogP contribution in [0.15, 0.2) is 17.2 Å². The number of rotatable bonds is 1. The van der Waals surface area contributed by atoms with Crippen LogP contribution >= 0.6 is 11.8 Å². The average Bonchev–Trinajstić information content (AvgIpc) is 2.44. The van der Waals surface area contributed by atoms with Gasteiger partial charge in [-0.1, -0.05) is 0 Å². The molecule has 1 saturated heterocycles. The van der Waals surface area contributed by atoms with Gasteiger partial charge in [0.25, 0.3) is 0 Å². The number of fused-ring (bicyclic) bond motifs is 3. The van der Waals surface area contributed by atoms with Gasteiger partial charge in [-0.25, -0.2) is 4.98 Å². The zero-order valence-electron chi connectivity index (χ0n) is 12.0. The van der Waals surface area contributed by atoms with E-state index >= 15 is 0 Å². The Hall–Kier alpha value is -0.950. The summed E-state index contributed by atoms with van der Waals surface area (Å²) in [4.78, 5) is 9.34. The first-order chi connectivity index (χ1) is 9.86. The molecule has 2 aliphatic heterocycles. The van der Waals surface area contributed by atoms with Crippen molar-refractivity contribution in [3.63, 3.8) is 0 Å². The van der Waals surface area contributed by atoms with E-state index in [1.807, 2.05) is 0 Å². The predicted molar refractivity (Wildman–Crippen MR) is 77.8 cm³/mol. The van der Waals surface area contributed by atoms with E-state index in [9.17, 15) is 13.2 Å². The number of hydrogen-bond donors (Lipinski definition) is 0. The first kappa shape index (κ1) is 15.0. The van der Waals surface area contributed by atoms with E-state index in [2.05, 4.69) is 28.6 Å². The molecule has 7 heteroatoms. The first-order valence-electron chi connectivity index (χ1n) is 7.07. The Morgan fingerprint density at radius 3 is 2.76 bits per heavy atom. The van der Waals surface area contributed by atoms with Crippen LogP contribution in [0.1, 0.15) is 19.4 Å². The van der Waals surface area contributed by atoms with Crippen molar-refractivity contribution in [3.05, 3.63) is 17.8 Å². The van der Waals surface area contributed by atoms with E-state index in [4.69, 9.17) is 0 Å². The van der Waals surface area contributed by atoms with Crippen LogP contribution in [0.5, 0.6) is 0 Å². The van der Waals surface area contributed by atoms with Crippen LogP contribution in [0.25, 0.3) is 0 Å². The second-order valence-electron chi connectivity index (χ2n) is 5.79. The quantitative estimate of drug-likeness (QED) is 0.792. The molecule has 0 amide bonds. The van der Waals surface area contributed by atoms with Crippen LogP contribution in [0, 0.1) is 0 Å². The summed E-state index contributed by atoms with van der Waals surface area (Å²) >= 11 is 1.49. The molecule has 21 heavy (non-hydrogen) atoms. The Bertz CT molecular complexity index is 533. The Labute approximate surface area is 126 Å². The van der Waals surface area contributed by atoms with Gasteiger partial charge < -0.3 is 4.90 Å². The number of nitrogens with zero attached hydrogens (tertiary/aromatic N) is 3. The third-order valence-electron chi connectivity index (χ3n) is 4.11. The smallest absolute Gasteiger partial charge is 0.349 e. The normalized spacial score (nSPS) is 23.1. The Morgan fingerprint density at radius 2 is 2.10 bits per heavy atom.